The number of hydrogen-bond donors (Lipinski definition) is 2. The quantitative estimate of drug-likeness (QED) is 0.754. The van der Waals surface area contributed by atoms with Gasteiger partial charge in [0.1, 0.15) is 0 Å². The van der Waals surface area contributed by atoms with E-state index in [0.29, 0.717) is 12.3 Å². The molecule has 1 aromatic rings. The molecule has 1 unspecified atom stereocenters. The zero-order valence-corrected chi connectivity index (χ0v) is 12.5. The highest BCUT2D eigenvalue weighted by Crippen LogP contribution is 2.37. The maximum atomic E-state index is 12.0. The number of rotatable bonds is 7. The molecule has 4 heteroatoms. The average Bonchev–Trinajstić information content (AvgIpc) is 3.09. The van der Waals surface area contributed by atoms with E-state index in [1.165, 1.54) is 30.6 Å². The molecular weight excluding hydrogens is 256 g/mol. The van der Waals surface area contributed by atoms with Gasteiger partial charge in [-0.1, -0.05) is 25.8 Å². The predicted octanol–water partition coefficient (Wildman–Crippen LogP) is 3.10. The Kier molecular flexibility index (Phi) is 5.86. The fourth-order valence-electron chi connectivity index (χ4n) is 2.80. The second kappa shape index (κ2) is 7.65. The van der Waals surface area contributed by atoms with Gasteiger partial charge in [-0.2, -0.15) is 0 Å². The largest absolute Gasteiger partial charge is 0.348 e. The van der Waals surface area contributed by atoms with Gasteiger partial charge >= 0.3 is 0 Å². The van der Waals surface area contributed by atoms with Crippen molar-refractivity contribution >= 4 is 17.2 Å². The van der Waals surface area contributed by atoms with E-state index < -0.39 is 0 Å². The summed E-state index contributed by atoms with van der Waals surface area (Å²) in [5.41, 5.74) is 0. The van der Waals surface area contributed by atoms with Gasteiger partial charge in [0.05, 0.1) is 6.04 Å². The summed E-state index contributed by atoms with van der Waals surface area (Å²) in [7, 11) is 0. The van der Waals surface area contributed by atoms with Crippen molar-refractivity contribution in [2.45, 2.75) is 45.1 Å². The van der Waals surface area contributed by atoms with Crippen LogP contribution in [0, 0.1) is 5.92 Å². The number of hydrogen-bond acceptors (Lipinski definition) is 3. The zero-order chi connectivity index (χ0) is 13.5. The van der Waals surface area contributed by atoms with Crippen molar-refractivity contribution in [2.24, 2.45) is 5.92 Å². The molecule has 0 aromatic carbocycles. The van der Waals surface area contributed by atoms with Crippen LogP contribution in [0.2, 0.25) is 0 Å². The van der Waals surface area contributed by atoms with Gasteiger partial charge < -0.3 is 10.6 Å². The average molecular weight is 280 g/mol. The Morgan fingerprint density at radius 1 is 1.47 bits per heavy atom. The van der Waals surface area contributed by atoms with Crippen molar-refractivity contribution in [2.75, 3.05) is 13.1 Å². The molecule has 1 heterocycles. The zero-order valence-electron chi connectivity index (χ0n) is 11.7. The van der Waals surface area contributed by atoms with Crippen molar-refractivity contribution in [3.8, 4) is 0 Å². The standard InChI is InChI=1S/C15H24N2OS/c1-2-16-10-9-14(18)17-15(12-6-3-4-7-12)13-8-5-11-19-13/h5,8,11-12,15-16H,2-4,6-7,9-10H2,1H3,(H,17,18). The highest BCUT2D eigenvalue weighted by molar-refractivity contribution is 7.10. The third kappa shape index (κ3) is 4.32. The maximum Gasteiger partial charge on any atom is 0.221 e. The Labute approximate surface area is 119 Å². The summed E-state index contributed by atoms with van der Waals surface area (Å²) < 4.78 is 0. The molecule has 0 saturated heterocycles. The number of thiophene rings is 1. The molecule has 1 saturated carbocycles. The Bertz CT molecular complexity index is 372. The summed E-state index contributed by atoms with van der Waals surface area (Å²) >= 11 is 1.76. The molecule has 0 aliphatic heterocycles. The van der Waals surface area contributed by atoms with E-state index in [0.717, 1.165) is 13.1 Å². The van der Waals surface area contributed by atoms with Crippen LogP contribution in [0.1, 0.15) is 49.9 Å². The lowest BCUT2D eigenvalue weighted by Gasteiger charge is -2.23. The van der Waals surface area contributed by atoms with Crippen LogP contribution in [0.3, 0.4) is 0 Å². The minimum atomic E-state index is 0.172. The van der Waals surface area contributed by atoms with E-state index in [1.54, 1.807) is 11.3 Å². The van der Waals surface area contributed by atoms with Crippen LogP contribution in [0.25, 0.3) is 0 Å². The molecule has 19 heavy (non-hydrogen) atoms. The van der Waals surface area contributed by atoms with Gasteiger partial charge in [0.25, 0.3) is 0 Å². The van der Waals surface area contributed by atoms with Crippen LogP contribution >= 0.6 is 11.3 Å². The fraction of sp³-hybridized carbons (Fsp3) is 0.667. The van der Waals surface area contributed by atoms with E-state index in [1.807, 2.05) is 0 Å². The Hall–Kier alpha value is -0.870. The molecule has 1 aliphatic rings. The van der Waals surface area contributed by atoms with E-state index in [-0.39, 0.29) is 11.9 Å². The van der Waals surface area contributed by atoms with Crippen LogP contribution in [0.15, 0.2) is 17.5 Å². The first-order valence-electron chi connectivity index (χ1n) is 7.34. The first-order valence-corrected chi connectivity index (χ1v) is 8.22. The van der Waals surface area contributed by atoms with Crippen LogP contribution in [-0.4, -0.2) is 19.0 Å². The summed E-state index contributed by atoms with van der Waals surface area (Å²) in [6, 6.07) is 4.46. The highest BCUT2D eigenvalue weighted by Gasteiger charge is 2.28. The first-order chi connectivity index (χ1) is 9.31. The van der Waals surface area contributed by atoms with Gasteiger partial charge in [0.2, 0.25) is 5.91 Å². The molecule has 1 atom stereocenters. The normalized spacial score (nSPS) is 17.5. The van der Waals surface area contributed by atoms with Gasteiger partial charge in [-0.3, -0.25) is 4.79 Å². The van der Waals surface area contributed by atoms with Gasteiger partial charge in [-0.05, 0) is 36.8 Å². The van der Waals surface area contributed by atoms with E-state index in [9.17, 15) is 4.79 Å². The molecule has 1 fully saturated rings. The topological polar surface area (TPSA) is 41.1 Å². The fourth-order valence-corrected chi connectivity index (χ4v) is 3.67. The lowest BCUT2D eigenvalue weighted by molar-refractivity contribution is -0.122. The number of carbonyl (C=O) groups is 1. The molecule has 3 nitrogen and oxygen atoms in total. The summed E-state index contributed by atoms with van der Waals surface area (Å²) in [6.45, 7) is 3.75. The van der Waals surface area contributed by atoms with Crippen molar-refractivity contribution in [3.63, 3.8) is 0 Å². The van der Waals surface area contributed by atoms with E-state index in [4.69, 9.17) is 0 Å². The Morgan fingerprint density at radius 2 is 2.26 bits per heavy atom. The third-order valence-corrected chi connectivity index (χ3v) is 4.77. The van der Waals surface area contributed by atoms with E-state index in [2.05, 4.69) is 35.1 Å². The maximum absolute atomic E-state index is 12.0. The van der Waals surface area contributed by atoms with Gasteiger partial charge in [0.15, 0.2) is 0 Å². The lowest BCUT2D eigenvalue weighted by Crippen LogP contribution is -2.34. The molecule has 2 N–H and O–H groups in total. The van der Waals surface area contributed by atoms with E-state index >= 15 is 0 Å². The second-order valence-electron chi connectivity index (χ2n) is 5.21. The van der Waals surface area contributed by atoms with Crippen molar-refractivity contribution < 1.29 is 4.79 Å². The highest BCUT2D eigenvalue weighted by atomic mass is 32.1. The lowest BCUT2D eigenvalue weighted by atomic mass is 9.96. The molecule has 0 radical (unpaired) electrons. The molecule has 1 aliphatic carbocycles. The summed E-state index contributed by atoms with van der Waals surface area (Å²) in [5, 5.41) is 8.55. The van der Waals surface area contributed by atoms with Crippen LogP contribution in [-0.2, 0) is 4.79 Å². The van der Waals surface area contributed by atoms with Crippen LogP contribution in [0.5, 0.6) is 0 Å². The van der Waals surface area contributed by atoms with Crippen molar-refractivity contribution in [3.05, 3.63) is 22.4 Å². The number of amides is 1. The molecular formula is C15H24N2OS. The summed E-state index contributed by atoms with van der Waals surface area (Å²) in [5.74, 6) is 0.799. The molecule has 1 amide bonds. The van der Waals surface area contributed by atoms with Crippen LogP contribution < -0.4 is 10.6 Å². The summed E-state index contributed by atoms with van der Waals surface area (Å²) in [4.78, 5) is 13.3. The number of nitrogens with one attached hydrogen (secondary N) is 2. The second-order valence-corrected chi connectivity index (χ2v) is 6.19. The summed E-state index contributed by atoms with van der Waals surface area (Å²) in [6.07, 6.45) is 5.67. The minimum absolute atomic E-state index is 0.172. The monoisotopic (exact) mass is 280 g/mol. The molecule has 2 rings (SSSR count). The minimum Gasteiger partial charge on any atom is -0.348 e. The Morgan fingerprint density at radius 3 is 2.89 bits per heavy atom. The van der Waals surface area contributed by atoms with Crippen LogP contribution in [0.4, 0.5) is 0 Å². The SMILES string of the molecule is CCNCCC(=O)NC(c1cccs1)C1CCCC1. The molecule has 106 valence electrons. The number of carbonyl (C=O) groups excluding carboxylic acids is 1. The molecule has 0 bridgehead atoms. The van der Waals surface area contributed by atoms with Gasteiger partial charge in [-0.25, -0.2) is 0 Å². The Balaban J connectivity index is 1.92. The molecule has 1 aromatic heterocycles. The van der Waals surface area contributed by atoms with Gasteiger partial charge in [-0.15, -0.1) is 11.3 Å². The smallest absolute Gasteiger partial charge is 0.221 e. The van der Waals surface area contributed by atoms with Gasteiger partial charge in [0, 0.05) is 17.8 Å². The van der Waals surface area contributed by atoms with Crippen molar-refractivity contribution in [1.29, 1.82) is 0 Å². The third-order valence-electron chi connectivity index (χ3n) is 3.82. The first kappa shape index (κ1) is 14.5. The van der Waals surface area contributed by atoms with Crippen molar-refractivity contribution in [1.82, 2.24) is 10.6 Å². The predicted molar refractivity (Wildman–Crippen MR) is 80.3 cm³/mol. The molecule has 0 spiro atoms.